The van der Waals surface area contributed by atoms with E-state index in [-0.39, 0.29) is 11.6 Å². The fourth-order valence-corrected chi connectivity index (χ4v) is 2.60. The summed E-state index contributed by atoms with van der Waals surface area (Å²) in [5.41, 5.74) is 0.894. The van der Waals surface area contributed by atoms with E-state index < -0.39 is 5.41 Å². The summed E-state index contributed by atoms with van der Waals surface area (Å²) in [6, 6.07) is 7.56. The van der Waals surface area contributed by atoms with E-state index in [0.717, 1.165) is 12.0 Å². The molecular weight excluding hydrogens is 212 g/mol. The largest absolute Gasteiger partial charge is 0.299 e. The second-order valence-electron chi connectivity index (χ2n) is 4.62. The van der Waals surface area contributed by atoms with Gasteiger partial charge in [0.05, 0.1) is 5.41 Å². The van der Waals surface area contributed by atoms with Crippen molar-refractivity contribution in [2.45, 2.75) is 26.2 Å². The molecule has 1 atom stereocenters. The van der Waals surface area contributed by atoms with Crippen LogP contribution in [0.3, 0.4) is 0 Å². The predicted octanol–water partition coefficient (Wildman–Crippen LogP) is 2.97. The topological polar surface area (TPSA) is 34.1 Å². The van der Waals surface area contributed by atoms with Crippen LogP contribution in [0.5, 0.6) is 0 Å². The molecule has 1 unspecified atom stereocenters. The number of benzene rings is 1. The molecule has 0 bridgehead atoms. The molecule has 1 aliphatic carbocycles. The van der Waals surface area contributed by atoms with Crippen molar-refractivity contribution in [1.82, 2.24) is 0 Å². The summed E-state index contributed by atoms with van der Waals surface area (Å²) < 4.78 is 0. The minimum atomic E-state index is -0.865. The molecule has 0 spiro atoms. The minimum absolute atomic E-state index is 0.0354. The zero-order valence-electron chi connectivity index (χ0n) is 10.0. The Balaban J connectivity index is 2.51. The van der Waals surface area contributed by atoms with Gasteiger partial charge in [0.2, 0.25) is 0 Å². The Morgan fingerprint density at radius 1 is 1.47 bits per heavy atom. The second kappa shape index (κ2) is 4.28. The van der Waals surface area contributed by atoms with Gasteiger partial charge in [-0.2, -0.15) is 0 Å². The van der Waals surface area contributed by atoms with Crippen LogP contribution in [-0.2, 0) is 11.2 Å². The summed E-state index contributed by atoms with van der Waals surface area (Å²) in [5.74, 6) is -0.0800. The summed E-state index contributed by atoms with van der Waals surface area (Å²) in [6.45, 7) is 5.18. The summed E-state index contributed by atoms with van der Waals surface area (Å²) in [5, 5.41) is 0. The average molecular weight is 228 g/mol. The first kappa shape index (κ1) is 11.8. The van der Waals surface area contributed by atoms with E-state index in [0.29, 0.717) is 18.4 Å². The maximum atomic E-state index is 12.5. The van der Waals surface area contributed by atoms with E-state index in [1.165, 1.54) is 6.92 Å². The van der Waals surface area contributed by atoms with E-state index >= 15 is 0 Å². The van der Waals surface area contributed by atoms with E-state index in [9.17, 15) is 9.59 Å². The number of hydrogen-bond donors (Lipinski definition) is 0. The second-order valence-corrected chi connectivity index (χ2v) is 4.62. The molecule has 2 nitrogen and oxygen atoms in total. The molecule has 0 heterocycles. The number of hydrogen-bond acceptors (Lipinski definition) is 2. The molecule has 0 saturated carbocycles. The fourth-order valence-electron chi connectivity index (χ4n) is 2.60. The Kier molecular flexibility index (Phi) is 2.97. The first-order valence-electron chi connectivity index (χ1n) is 5.86. The Morgan fingerprint density at radius 2 is 2.18 bits per heavy atom. The Morgan fingerprint density at radius 3 is 2.82 bits per heavy atom. The minimum Gasteiger partial charge on any atom is -0.299 e. The van der Waals surface area contributed by atoms with Gasteiger partial charge in [-0.25, -0.2) is 0 Å². The molecule has 1 aromatic rings. The number of ketones is 2. The molecule has 88 valence electrons. The number of allylic oxidation sites excluding steroid dienone is 1. The van der Waals surface area contributed by atoms with Crippen LogP contribution >= 0.6 is 0 Å². The lowest BCUT2D eigenvalue weighted by Gasteiger charge is -2.33. The molecule has 2 heteroatoms. The van der Waals surface area contributed by atoms with Crippen molar-refractivity contribution in [3.8, 4) is 0 Å². The third-order valence-electron chi connectivity index (χ3n) is 3.68. The Hall–Kier alpha value is -1.70. The molecule has 0 N–H and O–H groups in total. The van der Waals surface area contributed by atoms with Crippen LogP contribution in [0.2, 0.25) is 0 Å². The number of aryl methyl sites for hydroxylation is 1. The van der Waals surface area contributed by atoms with E-state index in [2.05, 4.69) is 6.58 Å². The number of rotatable bonds is 3. The molecule has 0 radical (unpaired) electrons. The Labute approximate surface area is 101 Å². The van der Waals surface area contributed by atoms with Crippen molar-refractivity contribution < 1.29 is 9.59 Å². The molecule has 0 aromatic heterocycles. The number of Topliss-reactive ketones (excluding diaryl/α,β-unsaturated/α-hetero) is 2. The zero-order valence-corrected chi connectivity index (χ0v) is 10.0. The lowest BCUT2D eigenvalue weighted by molar-refractivity contribution is -0.124. The quantitative estimate of drug-likeness (QED) is 0.588. The summed E-state index contributed by atoms with van der Waals surface area (Å²) in [4.78, 5) is 24.4. The smallest absolute Gasteiger partial charge is 0.176 e. The molecule has 0 amide bonds. The SMILES string of the molecule is C=CCC1(C(C)=O)CCc2ccccc2C1=O. The van der Waals surface area contributed by atoms with Gasteiger partial charge >= 0.3 is 0 Å². The molecular formula is C15H16O2. The molecule has 17 heavy (non-hydrogen) atoms. The first-order chi connectivity index (χ1) is 8.12. The first-order valence-corrected chi connectivity index (χ1v) is 5.86. The number of carbonyl (C=O) groups is 2. The van der Waals surface area contributed by atoms with E-state index in [4.69, 9.17) is 0 Å². The highest BCUT2D eigenvalue weighted by Gasteiger charge is 2.45. The van der Waals surface area contributed by atoms with Crippen molar-refractivity contribution in [2.24, 2.45) is 5.41 Å². The van der Waals surface area contributed by atoms with Gasteiger partial charge in [-0.05, 0) is 31.7 Å². The van der Waals surface area contributed by atoms with Crippen LogP contribution in [0.15, 0.2) is 36.9 Å². The van der Waals surface area contributed by atoms with Crippen LogP contribution in [0.1, 0.15) is 35.7 Å². The summed E-state index contributed by atoms with van der Waals surface area (Å²) in [7, 11) is 0. The molecule has 0 saturated heterocycles. The van der Waals surface area contributed by atoms with Gasteiger partial charge in [0.25, 0.3) is 0 Å². The van der Waals surface area contributed by atoms with Gasteiger partial charge in [-0.1, -0.05) is 30.3 Å². The highest BCUT2D eigenvalue weighted by molar-refractivity contribution is 6.15. The summed E-state index contributed by atoms with van der Waals surface area (Å²) in [6.07, 6.45) is 3.50. The van der Waals surface area contributed by atoms with Gasteiger partial charge in [0, 0.05) is 5.56 Å². The van der Waals surface area contributed by atoms with Gasteiger partial charge in [-0.3, -0.25) is 9.59 Å². The Bertz CT molecular complexity index is 487. The molecule has 0 aliphatic heterocycles. The highest BCUT2D eigenvalue weighted by atomic mass is 16.2. The molecule has 1 aliphatic rings. The standard InChI is InChI=1S/C15H16O2/c1-3-9-15(11(2)16)10-8-12-6-4-5-7-13(12)14(15)17/h3-7H,1,8-10H2,2H3. The number of fused-ring (bicyclic) bond motifs is 1. The normalized spacial score (nSPS) is 23.0. The molecule has 0 fully saturated rings. The monoisotopic (exact) mass is 228 g/mol. The maximum absolute atomic E-state index is 12.5. The van der Waals surface area contributed by atoms with E-state index in [1.807, 2.05) is 24.3 Å². The molecule has 1 aromatic carbocycles. The van der Waals surface area contributed by atoms with Gasteiger partial charge in [0.15, 0.2) is 5.78 Å². The summed E-state index contributed by atoms with van der Waals surface area (Å²) >= 11 is 0. The van der Waals surface area contributed by atoms with Crippen LogP contribution in [0.4, 0.5) is 0 Å². The van der Waals surface area contributed by atoms with Crippen molar-refractivity contribution in [1.29, 1.82) is 0 Å². The maximum Gasteiger partial charge on any atom is 0.176 e. The van der Waals surface area contributed by atoms with E-state index in [1.54, 1.807) is 6.08 Å². The zero-order chi connectivity index (χ0) is 12.5. The molecule has 2 rings (SSSR count). The third kappa shape index (κ3) is 1.74. The lowest BCUT2D eigenvalue weighted by Crippen LogP contribution is -2.41. The average Bonchev–Trinajstić information content (AvgIpc) is 2.33. The lowest BCUT2D eigenvalue weighted by atomic mass is 9.66. The third-order valence-corrected chi connectivity index (χ3v) is 3.68. The van der Waals surface area contributed by atoms with Crippen LogP contribution in [-0.4, -0.2) is 11.6 Å². The van der Waals surface area contributed by atoms with Crippen LogP contribution in [0, 0.1) is 5.41 Å². The van der Waals surface area contributed by atoms with Crippen LogP contribution < -0.4 is 0 Å². The van der Waals surface area contributed by atoms with Crippen LogP contribution in [0.25, 0.3) is 0 Å². The van der Waals surface area contributed by atoms with Gasteiger partial charge in [0.1, 0.15) is 5.78 Å². The van der Waals surface area contributed by atoms with Gasteiger partial charge in [-0.15, -0.1) is 6.58 Å². The number of carbonyl (C=O) groups excluding carboxylic acids is 2. The van der Waals surface area contributed by atoms with Crippen molar-refractivity contribution in [3.05, 3.63) is 48.0 Å². The highest BCUT2D eigenvalue weighted by Crippen LogP contribution is 2.39. The van der Waals surface area contributed by atoms with Crippen molar-refractivity contribution >= 4 is 11.6 Å². The van der Waals surface area contributed by atoms with Crippen molar-refractivity contribution in [3.63, 3.8) is 0 Å². The fraction of sp³-hybridized carbons (Fsp3) is 0.333. The van der Waals surface area contributed by atoms with Gasteiger partial charge < -0.3 is 0 Å². The van der Waals surface area contributed by atoms with Crippen molar-refractivity contribution in [2.75, 3.05) is 0 Å². The predicted molar refractivity (Wildman–Crippen MR) is 67.0 cm³/mol.